The number of ether oxygens (including phenoxy) is 1. The number of thioether (sulfide) groups is 1. The van der Waals surface area contributed by atoms with Crippen LogP contribution >= 0.6 is 23.1 Å². The van der Waals surface area contributed by atoms with E-state index in [0.29, 0.717) is 17.9 Å². The molecule has 3 rings (SSSR count). The van der Waals surface area contributed by atoms with Crippen LogP contribution in [0.5, 0.6) is 5.75 Å². The van der Waals surface area contributed by atoms with Crippen molar-refractivity contribution in [2.24, 2.45) is 0 Å². The molecule has 0 aliphatic heterocycles. The monoisotopic (exact) mass is 400 g/mol. The van der Waals surface area contributed by atoms with Gasteiger partial charge in [0.05, 0.1) is 23.5 Å². The van der Waals surface area contributed by atoms with Crippen molar-refractivity contribution in [3.05, 3.63) is 47.3 Å². The molecule has 0 bridgehead atoms. The predicted octanol–water partition coefficient (Wildman–Crippen LogP) is 3.62. The molecule has 0 saturated carbocycles. The van der Waals surface area contributed by atoms with Crippen molar-refractivity contribution in [3.63, 3.8) is 0 Å². The summed E-state index contributed by atoms with van der Waals surface area (Å²) in [4.78, 5) is 1.08. The van der Waals surface area contributed by atoms with Crippen LogP contribution in [-0.2, 0) is 13.0 Å². The van der Waals surface area contributed by atoms with Crippen LogP contribution < -0.4 is 4.74 Å². The Morgan fingerprint density at radius 3 is 2.78 bits per heavy atom. The predicted molar refractivity (Wildman–Crippen MR) is 107 cm³/mol. The number of benzene rings is 1. The van der Waals surface area contributed by atoms with E-state index in [2.05, 4.69) is 27.8 Å². The van der Waals surface area contributed by atoms with Crippen LogP contribution in [0.25, 0.3) is 10.7 Å². The molecular weight excluding hydrogens is 380 g/mol. The molecule has 140 valence electrons. The number of nitrogens with zero attached hydrogens (tertiary/aromatic N) is 4. The van der Waals surface area contributed by atoms with Crippen molar-refractivity contribution in [1.82, 2.24) is 14.8 Å². The maximum absolute atomic E-state index is 10.2. The molecule has 0 fully saturated rings. The SMILES string of the molecule is CCn1c(SC[C@@H](O)COc2ccc(CC#N)cc2)nnc1-c1cccs1. The molecule has 0 amide bonds. The van der Waals surface area contributed by atoms with E-state index >= 15 is 0 Å². The minimum atomic E-state index is -0.624. The van der Waals surface area contributed by atoms with Gasteiger partial charge in [0.2, 0.25) is 0 Å². The van der Waals surface area contributed by atoms with E-state index in [1.807, 2.05) is 41.8 Å². The van der Waals surface area contributed by atoms with Gasteiger partial charge in [-0.1, -0.05) is 30.0 Å². The van der Waals surface area contributed by atoms with E-state index in [1.165, 1.54) is 11.8 Å². The van der Waals surface area contributed by atoms with Crippen LogP contribution in [0.3, 0.4) is 0 Å². The van der Waals surface area contributed by atoms with Crippen LogP contribution in [0.15, 0.2) is 46.9 Å². The number of aliphatic hydroxyl groups is 1. The summed E-state index contributed by atoms with van der Waals surface area (Å²) in [7, 11) is 0. The molecule has 2 heterocycles. The Morgan fingerprint density at radius 2 is 2.11 bits per heavy atom. The maximum atomic E-state index is 10.2. The lowest BCUT2D eigenvalue weighted by atomic mass is 10.2. The molecule has 0 radical (unpaired) electrons. The standard InChI is InChI=1S/C19H20N4O2S2/c1-2-23-18(17-4-3-11-26-17)21-22-19(23)27-13-15(24)12-25-16-7-5-14(6-8-16)9-10-20/h3-8,11,15,24H,2,9,12-13H2,1H3/t15-/m0/s1. The Hall–Kier alpha value is -2.34. The van der Waals surface area contributed by atoms with Crippen molar-refractivity contribution in [2.45, 2.75) is 31.1 Å². The molecule has 6 nitrogen and oxygen atoms in total. The number of nitriles is 1. The smallest absolute Gasteiger partial charge is 0.191 e. The van der Waals surface area contributed by atoms with E-state index in [9.17, 15) is 5.11 Å². The number of hydrogen-bond donors (Lipinski definition) is 1. The fourth-order valence-electron chi connectivity index (χ4n) is 2.47. The average Bonchev–Trinajstić information content (AvgIpc) is 3.35. The first-order chi connectivity index (χ1) is 13.2. The van der Waals surface area contributed by atoms with Crippen molar-refractivity contribution in [1.29, 1.82) is 5.26 Å². The lowest BCUT2D eigenvalue weighted by Gasteiger charge is -2.12. The number of aliphatic hydroxyl groups excluding tert-OH is 1. The minimum absolute atomic E-state index is 0.197. The number of hydrogen-bond acceptors (Lipinski definition) is 7. The Labute approximate surface area is 166 Å². The zero-order chi connectivity index (χ0) is 19.1. The van der Waals surface area contributed by atoms with Crippen LogP contribution in [0.1, 0.15) is 12.5 Å². The highest BCUT2D eigenvalue weighted by atomic mass is 32.2. The minimum Gasteiger partial charge on any atom is -0.491 e. The van der Waals surface area contributed by atoms with Gasteiger partial charge in [-0.05, 0) is 36.1 Å². The molecule has 0 unspecified atom stereocenters. The quantitative estimate of drug-likeness (QED) is 0.552. The number of aromatic nitrogens is 3. The number of thiophene rings is 1. The summed E-state index contributed by atoms with van der Waals surface area (Å²) in [5, 5.41) is 30.3. The Bertz CT molecular complexity index is 886. The normalized spacial score (nSPS) is 11.9. The highest BCUT2D eigenvalue weighted by molar-refractivity contribution is 7.99. The molecular formula is C19H20N4O2S2. The second-order valence-corrected chi connectivity index (χ2v) is 7.72. The summed E-state index contributed by atoms with van der Waals surface area (Å²) >= 11 is 3.10. The van der Waals surface area contributed by atoms with Gasteiger partial charge in [-0.25, -0.2) is 0 Å². The van der Waals surface area contributed by atoms with Gasteiger partial charge in [0.25, 0.3) is 0 Å². The zero-order valence-corrected chi connectivity index (χ0v) is 16.5. The fourth-order valence-corrected chi connectivity index (χ4v) is 4.10. The topological polar surface area (TPSA) is 84.0 Å². The van der Waals surface area contributed by atoms with Crippen molar-refractivity contribution < 1.29 is 9.84 Å². The maximum Gasteiger partial charge on any atom is 0.191 e. The first-order valence-electron chi connectivity index (χ1n) is 8.58. The highest BCUT2D eigenvalue weighted by Gasteiger charge is 2.15. The summed E-state index contributed by atoms with van der Waals surface area (Å²) in [5.41, 5.74) is 0.946. The average molecular weight is 401 g/mol. The van der Waals surface area contributed by atoms with E-state index in [-0.39, 0.29) is 6.61 Å². The number of rotatable bonds is 9. The van der Waals surface area contributed by atoms with E-state index in [0.717, 1.165) is 28.0 Å². The van der Waals surface area contributed by atoms with Crippen molar-refractivity contribution in [2.75, 3.05) is 12.4 Å². The molecule has 1 N–H and O–H groups in total. The fraction of sp³-hybridized carbons (Fsp3) is 0.316. The lowest BCUT2D eigenvalue weighted by Crippen LogP contribution is -2.20. The summed E-state index contributed by atoms with van der Waals surface area (Å²) in [6, 6.07) is 13.5. The van der Waals surface area contributed by atoms with Gasteiger partial charge in [0.1, 0.15) is 12.4 Å². The van der Waals surface area contributed by atoms with Crippen molar-refractivity contribution in [3.8, 4) is 22.5 Å². The van der Waals surface area contributed by atoms with Crippen LogP contribution in [0.4, 0.5) is 0 Å². The highest BCUT2D eigenvalue weighted by Crippen LogP contribution is 2.27. The first-order valence-corrected chi connectivity index (χ1v) is 10.4. The van der Waals surface area contributed by atoms with E-state index in [1.54, 1.807) is 11.3 Å². The van der Waals surface area contributed by atoms with Gasteiger partial charge in [0, 0.05) is 12.3 Å². The summed E-state index contributed by atoms with van der Waals surface area (Å²) in [6.07, 6.45) is -0.244. The van der Waals surface area contributed by atoms with Crippen molar-refractivity contribution >= 4 is 23.1 Å². The van der Waals surface area contributed by atoms with Crippen LogP contribution in [-0.4, -0.2) is 38.3 Å². The van der Waals surface area contributed by atoms with Gasteiger partial charge in [-0.2, -0.15) is 5.26 Å². The van der Waals surface area contributed by atoms with Gasteiger partial charge in [0.15, 0.2) is 11.0 Å². The van der Waals surface area contributed by atoms with Gasteiger partial charge < -0.3 is 14.4 Å². The largest absolute Gasteiger partial charge is 0.491 e. The Balaban J connectivity index is 1.52. The van der Waals surface area contributed by atoms with Gasteiger partial charge >= 0.3 is 0 Å². The van der Waals surface area contributed by atoms with Gasteiger partial charge in [-0.3, -0.25) is 0 Å². The Kier molecular flexibility index (Phi) is 6.87. The molecule has 0 saturated heterocycles. The van der Waals surface area contributed by atoms with E-state index in [4.69, 9.17) is 10.00 Å². The third-order valence-corrected chi connectivity index (χ3v) is 5.81. The molecule has 0 aliphatic carbocycles. The molecule has 2 aromatic heterocycles. The Morgan fingerprint density at radius 1 is 1.30 bits per heavy atom. The summed E-state index contributed by atoms with van der Waals surface area (Å²) in [5.74, 6) is 2.00. The second kappa shape index (κ2) is 9.55. The third kappa shape index (κ3) is 5.10. The first kappa shape index (κ1) is 19.4. The van der Waals surface area contributed by atoms with Crippen LogP contribution in [0.2, 0.25) is 0 Å². The molecule has 1 atom stereocenters. The molecule has 3 aromatic rings. The molecule has 0 aliphatic rings. The van der Waals surface area contributed by atoms with Crippen LogP contribution in [0, 0.1) is 11.3 Å². The molecule has 8 heteroatoms. The lowest BCUT2D eigenvalue weighted by molar-refractivity contribution is 0.126. The second-order valence-electron chi connectivity index (χ2n) is 5.78. The third-order valence-electron chi connectivity index (χ3n) is 3.83. The summed E-state index contributed by atoms with van der Waals surface area (Å²) < 4.78 is 7.68. The van der Waals surface area contributed by atoms with E-state index < -0.39 is 6.10 Å². The molecule has 27 heavy (non-hydrogen) atoms. The van der Waals surface area contributed by atoms with Gasteiger partial charge in [-0.15, -0.1) is 21.5 Å². The molecule has 1 aromatic carbocycles. The zero-order valence-electron chi connectivity index (χ0n) is 14.9. The summed E-state index contributed by atoms with van der Waals surface area (Å²) in [6.45, 7) is 3.02. The molecule has 0 spiro atoms.